The third-order valence-corrected chi connectivity index (χ3v) is 9.22. The average molecular weight is 363 g/mol. The van der Waals surface area contributed by atoms with Crippen LogP contribution < -0.4 is 0 Å². The second-order valence-corrected chi connectivity index (χ2v) is 10.8. The smallest absolute Gasteiger partial charge is 0.163 e. The van der Waals surface area contributed by atoms with E-state index in [1.165, 1.54) is 0 Å². The third-order valence-electron chi connectivity index (χ3n) is 9.22. The summed E-state index contributed by atoms with van der Waals surface area (Å²) >= 11 is 0. The fraction of sp³-hybridized carbons (Fsp3) is 0.955. The lowest BCUT2D eigenvalue weighted by atomic mass is 9.44. The first-order chi connectivity index (χ1) is 12.2. The van der Waals surface area contributed by atoms with Gasteiger partial charge in [0.05, 0.1) is 18.3 Å². The van der Waals surface area contributed by atoms with E-state index in [9.17, 15) is 9.90 Å². The van der Waals surface area contributed by atoms with Gasteiger partial charge in [0.1, 0.15) is 5.78 Å². The van der Waals surface area contributed by atoms with Crippen LogP contribution in [0.25, 0.3) is 0 Å². The molecule has 0 bridgehead atoms. The van der Waals surface area contributed by atoms with Crippen molar-refractivity contribution in [2.45, 2.75) is 96.7 Å². The summed E-state index contributed by atoms with van der Waals surface area (Å²) < 4.78 is 13.0. The molecule has 1 aliphatic heterocycles. The van der Waals surface area contributed by atoms with Crippen molar-refractivity contribution in [3.63, 3.8) is 0 Å². The van der Waals surface area contributed by atoms with Crippen molar-refractivity contribution >= 4 is 5.78 Å². The second kappa shape index (κ2) is 5.33. The van der Waals surface area contributed by atoms with E-state index in [-0.39, 0.29) is 29.1 Å². The summed E-state index contributed by atoms with van der Waals surface area (Å²) in [7, 11) is 0. The van der Waals surface area contributed by atoms with E-state index in [0.29, 0.717) is 29.5 Å². The Morgan fingerprint density at radius 1 is 0.923 bits per heavy atom. The van der Waals surface area contributed by atoms with Crippen LogP contribution in [-0.2, 0) is 14.3 Å². The second-order valence-electron chi connectivity index (χ2n) is 10.8. The van der Waals surface area contributed by atoms with Gasteiger partial charge in [-0.15, -0.1) is 0 Å². The molecular weight excluding hydrogens is 328 g/mol. The molecule has 4 saturated carbocycles. The zero-order chi connectivity index (χ0) is 18.5. The minimum atomic E-state index is -0.565. The minimum Gasteiger partial charge on any atom is -0.393 e. The van der Waals surface area contributed by atoms with Gasteiger partial charge >= 0.3 is 0 Å². The number of hydrogen-bond donors (Lipinski definition) is 1. The van der Waals surface area contributed by atoms with Crippen LogP contribution in [0.2, 0.25) is 0 Å². The SMILES string of the molecule is CC1(C)O[C@@H]2C3C(CC[C@]4(C)C(=O)CCC34)[C@@]3(C)CC[C@H](O)CC3[C@H]2O1. The molecule has 0 aromatic heterocycles. The molecule has 26 heavy (non-hydrogen) atoms. The van der Waals surface area contributed by atoms with Gasteiger partial charge in [-0.2, -0.15) is 0 Å². The Balaban J connectivity index is 1.59. The molecule has 0 amide bonds. The van der Waals surface area contributed by atoms with Gasteiger partial charge in [-0.05, 0) is 81.5 Å². The van der Waals surface area contributed by atoms with Gasteiger partial charge in [0.2, 0.25) is 0 Å². The fourth-order valence-corrected chi connectivity index (χ4v) is 7.93. The number of aliphatic hydroxyl groups excluding tert-OH is 1. The zero-order valence-electron chi connectivity index (χ0n) is 16.7. The summed E-state index contributed by atoms with van der Waals surface area (Å²) in [5.74, 6) is 1.71. The van der Waals surface area contributed by atoms with Crippen molar-refractivity contribution in [2.75, 3.05) is 0 Å². The molecule has 9 atom stereocenters. The number of ketones is 1. The zero-order valence-corrected chi connectivity index (χ0v) is 16.7. The largest absolute Gasteiger partial charge is 0.393 e. The predicted octanol–water partition coefficient (Wildman–Crippen LogP) is 3.70. The summed E-state index contributed by atoms with van der Waals surface area (Å²) in [5.41, 5.74) is 0.0427. The molecule has 146 valence electrons. The Kier molecular flexibility index (Phi) is 3.61. The Bertz CT molecular complexity index is 630. The summed E-state index contributed by atoms with van der Waals surface area (Å²) in [6.07, 6.45) is 6.66. The third kappa shape index (κ3) is 2.15. The molecule has 1 heterocycles. The van der Waals surface area contributed by atoms with E-state index < -0.39 is 5.79 Å². The molecular formula is C22H34O4. The maximum Gasteiger partial charge on any atom is 0.163 e. The summed E-state index contributed by atoms with van der Waals surface area (Å²) in [4.78, 5) is 12.7. The Hall–Kier alpha value is -0.450. The van der Waals surface area contributed by atoms with Crippen LogP contribution >= 0.6 is 0 Å². The maximum absolute atomic E-state index is 12.7. The topological polar surface area (TPSA) is 55.8 Å². The molecule has 5 rings (SSSR count). The highest BCUT2D eigenvalue weighted by Crippen LogP contribution is 2.67. The summed E-state index contributed by atoms with van der Waals surface area (Å²) in [6.45, 7) is 8.72. The predicted molar refractivity (Wildman–Crippen MR) is 97.3 cm³/mol. The van der Waals surface area contributed by atoms with Crippen LogP contribution in [-0.4, -0.2) is 35.0 Å². The van der Waals surface area contributed by atoms with Gasteiger partial charge in [-0.3, -0.25) is 4.79 Å². The van der Waals surface area contributed by atoms with Crippen LogP contribution in [0.15, 0.2) is 0 Å². The lowest BCUT2D eigenvalue weighted by Gasteiger charge is -2.62. The first-order valence-electron chi connectivity index (χ1n) is 10.7. The van der Waals surface area contributed by atoms with Gasteiger partial charge in [-0.1, -0.05) is 13.8 Å². The number of Topliss-reactive ketones (excluding diaryl/α,β-unsaturated/α-hetero) is 1. The lowest BCUT2D eigenvalue weighted by Crippen LogP contribution is -2.63. The normalized spacial score (nSPS) is 57.9. The van der Waals surface area contributed by atoms with Crippen LogP contribution in [0.5, 0.6) is 0 Å². The summed E-state index contributed by atoms with van der Waals surface area (Å²) in [6, 6.07) is 0. The van der Waals surface area contributed by atoms with Crippen LogP contribution in [0.3, 0.4) is 0 Å². The maximum atomic E-state index is 12.7. The highest BCUT2D eigenvalue weighted by Gasteiger charge is 2.68. The lowest BCUT2D eigenvalue weighted by molar-refractivity contribution is -0.186. The van der Waals surface area contributed by atoms with E-state index in [0.717, 1.165) is 44.9 Å². The van der Waals surface area contributed by atoms with Crippen molar-refractivity contribution in [3.8, 4) is 0 Å². The molecule has 0 radical (unpaired) electrons. The highest BCUT2D eigenvalue weighted by molar-refractivity contribution is 5.87. The molecule has 5 fully saturated rings. The quantitative estimate of drug-likeness (QED) is 0.714. The standard InChI is InChI=1S/C22H34O4/c1-20(2)25-18-15-11-12(23)7-9-21(15,3)14-8-10-22(4)13(5-6-16(22)24)17(14)19(18)26-20/h12-15,17-19,23H,5-11H2,1-4H3/t12-,13?,14?,15?,17?,18+,19+,21+,22-/m0/s1. The number of rotatable bonds is 0. The average Bonchev–Trinajstić information content (AvgIpc) is 3.05. The first kappa shape index (κ1) is 17.6. The fourth-order valence-electron chi connectivity index (χ4n) is 7.93. The first-order valence-corrected chi connectivity index (χ1v) is 10.7. The Morgan fingerprint density at radius 3 is 2.42 bits per heavy atom. The van der Waals surface area contributed by atoms with Crippen LogP contribution in [0.1, 0.15) is 72.6 Å². The minimum absolute atomic E-state index is 0.0595. The van der Waals surface area contributed by atoms with Gasteiger partial charge in [0.25, 0.3) is 0 Å². The molecule has 0 aromatic carbocycles. The van der Waals surface area contributed by atoms with Gasteiger partial charge in [0, 0.05) is 11.8 Å². The molecule has 5 aliphatic rings. The van der Waals surface area contributed by atoms with Crippen molar-refractivity contribution < 1.29 is 19.4 Å². The van der Waals surface area contributed by atoms with Crippen molar-refractivity contribution in [1.82, 2.24) is 0 Å². The van der Waals surface area contributed by atoms with Gasteiger partial charge in [-0.25, -0.2) is 0 Å². The van der Waals surface area contributed by atoms with Gasteiger partial charge in [0.15, 0.2) is 5.79 Å². The molecule has 4 unspecified atom stereocenters. The molecule has 1 saturated heterocycles. The highest BCUT2D eigenvalue weighted by atomic mass is 16.8. The number of aliphatic hydroxyl groups is 1. The molecule has 4 heteroatoms. The Labute approximate surface area is 157 Å². The molecule has 0 spiro atoms. The molecule has 0 aromatic rings. The molecule has 4 aliphatic carbocycles. The van der Waals surface area contributed by atoms with Crippen LogP contribution in [0, 0.1) is 34.5 Å². The Morgan fingerprint density at radius 2 is 1.65 bits per heavy atom. The van der Waals surface area contributed by atoms with Crippen molar-refractivity contribution in [3.05, 3.63) is 0 Å². The van der Waals surface area contributed by atoms with E-state index in [4.69, 9.17) is 9.47 Å². The van der Waals surface area contributed by atoms with E-state index >= 15 is 0 Å². The van der Waals surface area contributed by atoms with E-state index in [1.807, 2.05) is 13.8 Å². The van der Waals surface area contributed by atoms with Gasteiger partial charge < -0.3 is 14.6 Å². The number of ether oxygens (including phenoxy) is 2. The number of hydrogen-bond acceptors (Lipinski definition) is 4. The van der Waals surface area contributed by atoms with Crippen molar-refractivity contribution in [1.29, 1.82) is 0 Å². The molecule has 1 N–H and O–H groups in total. The monoisotopic (exact) mass is 362 g/mol. The van der Waals surface area contributed by atoms with Crippen LogP contribution in [0.4, 0.5) is 0 Å². The number of fused-ring (bicyclic) bond motifs is 8. The van der Waals surface area contributed by atoms with E-state index in [2.05, 4.69) is 13.8 Å². The molecule has 4 nitrogen and oxygen atoms in total. The van der Waals surface area contributed by atoms with E-state index in [1.54, 1.807) is 0 Å². The number of carbonyl (C=O) groups excluding carboxylic acids is 1. The van der Waals surface area contributed by atoms with Crippen molar-refractivity contribution in [2.24, 2.45) is 34.5 Å². The summed E-state index contributed by atoms with van der Waals surface area (Å²) in [5, 5.41) is 10.4. The number of carbonyl (C=O) groups is 1.